The summed E-state index contributed by atoms with van der Waals surface area (Å²) in [4.78, 5) is 16.5. The summed E-state index contributed by atoms with van der Waals surface area (Å²) in [6, 6.07) is 8.22. The highest BCUT2D eigenvalue weighted by Crippen LogP contribution is 2.22. The fraction of sp³-hybridized carbons (Fsp3) is 0.467. The first-order valence-electron chi connectivity index (χ1n) is 6.89. The van der Waals surface area contributed by atoms with Crippen molar-refractivity contribution in [3.8, 4) is 0 Å². The summed E-state index contributed by atoms with van der Waals surface area (Å²) in [6.45, 7) is 4.64. The van der Waals surface area contributed by atoms with Crippen molar-refractivity contribution < 1.29 is 4.79 Å². The fourth-order valence-corrected chi connectivity index (χ4v) is 3.20. The van der Waals surface area contributed by atoms with E-state index in [4.69, 9.17) is 0 Å². The molecule has 2 unspecified atom stereocenters. The van der Waals surface area contributed by atoms with E-state index in [1.165, 1.54) is 4.70 Å². The second-order valence-corrected chi connectivity index (χ2v) is 6.26. The minimum Gasteiger partial charge on any atom is -0.353 e. The molecule has 0 saturated carbocycles. The largest absolute Gasteiger partial charge is 0.353 e. The molecule has 0 aliphatic rings. The van der Waals surface area contributed by atoms with Gasteiger partial charge in [0.2, 0.25) is 5.91 Å². The van der Waals surface area contributed by atoms with Gasteiger partial charge in [0.15, 0.2) is 0 Å². The molecule has 2 N–H and O–H groups in total. The number of nitrogens with zero attached hydrogens (tertiary/aromatic N) is 1. The number of hydrogen-bond acceptors (Lipinski definition) is 4. The zero-order chi connectivity index (χ0) is 14.5. The van der Waals surface area contributed by atoms with E-state index in [1.807, 2.05) is 39.1 Å². The number of benzene rings is 1. The Balaban J connectivity index is 1.94. The molecular weight excluding hydrogens is 270 g/mol. The van der Waals surface area contributed by atoms with Crippen molar-refractivity contribution in [3.63, 3.8) is 0 Å². The van der Waals surface area contributed by atoms with Crippen LogP contribution >= 0.6 is 11.3 Å². The van der Waals surface area contributed by atoms with Gasteiger partial charge in [0.05, 0.1) is 15.2 Å². The van der Waals surface area contributed by atoms with Gasteiger partial charge in [-0.05, 0) is 26.1 Å². The molecule has 2 aromatic rings. The first-order valence-corrected chi connectivity index (χ1v) is 7.71. The highest BCUT2D eigenvalue weighted by atomic mass is 32.1. The maximum atomic E-state index is 11.9. The second-order valence-electron chi connectivity index (χ2n) is 5.15. The summed E-state index contributed by atoms with van der Waals surface area (Å²) >= 11 is 1.70. The minimum atomic E-state index is -0.0159. The van der Waals surface area contributed by atoms with Gasteiger partial charge >= 0.3 is 0 Å². The molecule has 1 heterocycles. The number of carbonyl (C=O) groups excluding carboxylic acids is 1. The Kier molecular flexibility index (Phi) is 5.09. The Morgan fingerprint density at radius 1 is 1.35 bits per heavy atom. The first-order chi connectivity index (χ1) is 9.60. The van der Waals surface area contributed by atoms with Crippen LogP contribution in [0.3, 0.4) is 0 Å². The molecule has 0 fully saturated rings. The third-order valence-corrected chi connectivity index (χ3v) is 4.22. The van der Waals surface area contributed by atoms with Crippen molar-refractivity contribution >= 4 is 27.5 Å². The van der Waals surface area contributed by atoms with Gasteiger partial charge in [-0.25, -0.2) is 4.98 Å². The lowest BCUT2D eigenvalue weighted by molar-refractivity contribution is -0.124. The van der Waals surface area contributed by atoms with E-state index in [1.54, 1.807) is 11.3 Å². The van der Waals surface area contributed by atoms with Crippen LogP contribution in [-0.2, 0) is 11.2 Å². The van der Waals surface area contributed by atoms with Gasteiger partial charge in [-0.3, -0.25) is 4.79 Å². The number of rotatable bonds is 6. The van der Waals surface area contributed by atoms with Gasteiger partial charge in [0, 0.05) is 24.9 Å². The molecule has 108 valence electrons. The van der Waals surface area contributed by atoms with Crippen molar-refractivity contribution in [1.29, 1.82) is 0 Å². The van der Waals surface area contributed by atoms with Crippen LogP contribution in [-0.4, -0.2) is 30.5 Å². The Morgan fingerprint density at radius 2 is 2.10 bits per heavy atom. The van der Waals surface area contributed by atoms with Crippen LogP contribution in [0.2, 0.25) is 0 Å². The van der Waals surface area contributed by atoms with Gasteiger partial charge in [-0.15, -0.1) is 11.3 Å². The molecule has 2 rings (SSSR count). The van der Waals surface area contributed by atoms with Crippen molar-refractivity contribution in [2.24, 2.45) is 5.92 Å². The normalized spacial score (nSPS) is 14.2. The van der Waals surface area contributed by atoms with Crippen LogP contribution in [0.25, 0.3) is 10.2 Å². The van der Waals surface area contributed by atoms with Crippen molar-refractivity contribution in [1.82, 2.24) is 15.6 Å². The van der Waals surface area contributed by atoms with Crippen LogP contribution in [0.5, 0.6) is 0 Å². The van der Waals surface area contributed by atoms with Gasteiger partial charge in [0.1, 0.15) is 0 Å². The van der Waals surface area contributed by atoms with E-state index in [0.29, 0.717) is 6.54 Å². The maximum Gasteiger partial charge on any atom is 0.224 e. The Bertz CT molecular complexity index is 548. The van der Waals surface area contributed by atoms with Crippen LogP contribution in [0.15, 0.2) is 24.3 Å². The number of aromatic nitrogens is 1. The molecule has 5 heteroatoms. The maximum absolute atomic E-state index is 11.9. The smallest absolute Gasteiger partial charge is 0.224 e. The molecule has 0 radical (unpaired) electrons. The lowest BCUT2D eigenvalue weighted by atomic mass is 10.1. The zero-order valence-corrected chi connectivity index (χ0v) is 13.0. The average Bonchev–Trinajstić information content (AvgIpc) is 2.80. The summed E-state index contributed by atoms with van der Waals surface area (Å²) in [5.74, 6) is 0.0748. The third-order valence-electron chi connectivity index (χ3n) is 3.17. The molecule has 0 bridgehead atoms. The number of para-hydroxylation sites is 1. The molecule has 1 aromatic carbocycles. The van der Waals surface area contributed by atoms with Gasteiger partial charge in [-0.1, -0.05) is 19.1 Å². The second kappa shape index (κ2) is 6.81. The molecule has 0 aliphatic carbocycles. The van der Waals surface area contributed by atoms with Crippen LogP contribution in [0, 0.1) is 5.92 Å². The monoisotopic (exact) mass is 291 g/mol. The lowest BCUT2D eigenvalue weighted by Crippen LogP contribution is -2.40. The Labute approximate surface area is 123 Å². The number of nitrogens with one attached hydrogen (secondary N) is 2. The summed E-state index contributed by atoms with van der Waals surface area (Å²) in [5, 5.41) is 7.13. The summed E-state index contributed by atoms with van der Waals surface area (Å²) < 4.78 is 1.20. The Hall–Kier alpha value is -1.46. The minimum absolute atomic E-state index is 0.0159. The van der Waals surface area contributed by atoms with E-state index in [-0.39, 0.29) is 17.9 Å². The first kappa shape index (κ1) is 14.9. The highest BCUT2D eigenvalue weighted by Gasteiger charge is 2.15. The standard InChI is InChI=1S/C15H21N3OS/c1-10(9-16-3)15(19)17-11(2)8-14-18-12-6-4-5-7-13(12)20-14/h4-7,10-11,16H,8-9H2,1-3H3,(H,17,19). The molecule has 1 aromatic heterocycles. The molecule has 4 nitrogen and oxygen atoms in total. The summed E-state index contributed by atoms with van der Waals surface area (Å²) in [7, 11) is 1.86. The molecular formula is C15H21N3OS. The highest BCUT2D eigenvalue weighted by molar-refractivity contribution is 7.18. The quantitative estimate of drug-likeness (QED) is 0.858. The number of carbonyl (C=O) groups is 1. The summed E-state index contributed by atoms with van der Waals surface area (Å²) in [6.07, 6.45) is 0.775. The van der Waals surface area contributed by atoms with Crippen LogP contribution in [0.1, 0.15) is 18.9 Å². The van der Waals surface area contributed by atoms with Crippen molar-refractivity contribution in [2.45, 2.75) is 26.3 Å². The van der Waals surface area contributed by atoms with Crippen LogP contribution in [0.4, 0.5) is 0 Å². The van der Waals surface area contributed by atoms with Gasteiger partial charge in [-0.2, -0.15) is 0 Å². The number of thiazole rings is 1. The average molecular weight is 291 g/mol. The number of hydrogen-bond donors (Lipinski definition) is 2. The third kappa shape index (κ3) is 3.77. The Morgan fingerprint density at radius 3 is 2.80 bits per heavy atom. The van der Waals surface area contributed by atoms with E-state index < -0.39 is 0 Å². The molecule has 20 heavy (non-hydrogen) atoms. The van der Waals surface area contributed by atoms with Gasteiger partial charge < -0.3 is 10.6 Å². The van der Waals surface area contributed by atoms with Crippen molar-refractivity contribution in [3.05, 3.63) is 29.3 Å². The fourth-order valence-electron chi connectivity index (χ4n) is 2.10. The molecule has 1 amide bonds. The molecule has 0 saturated heterocycles. The van der Waals surface area contributed by atoms with E-state index in [9.17, 15) is 4.79 Å². The lowest BCUT2D eigenvalue weighted by Gasteiger charge is -2.16. The number of fused-ring (bicyclic) bond motifs is 1. The topological polar surface area (TPSA) is 54.0 Å². The van der Waals surface area contributed by atoms with Crippen molar-refractivity contribution in [2.75, 3.05) is 13.6 Å². The predicted octanol–water partition coefficient (Wildman–Crippen LogP) is 2.20. The van der Waals surface area contributed by atoms with E-state index >= 15 is 0 Å². The zero-order valence-electron chi connectivity index (χ0n) is 12.1. The van der Waals surface area contributed by atoms with E-state index in [2.05, 4.69) is 21.7 Å². The summed E-state index contributed by atoms with van der Waals surface area (Å²) in [5.41, 5.74) is 1.04. The SMILES string of the molecule is CNCC(C)C(=O)NC(C)Cc1nc2ccccc2s1. The predicted molar refractivity (Wildman–Crippen MR) is 84.0 cm³/mol. The molecule has 0 spiro atoms. The van der Waals surface area contributed by atoms with Gasteiger partial charge in [0.25, 0.3) is 0 Å². The van der Waals surface area contributed by atoms with E-state index in [0.717, 1.165) is 16.9 Å². The van der Waals surface area contributed by atoms with Crippen LogP contribution < -0.4 is 10.6 Å². The molecule has 2 atom stereocenters. The number of amides is 1. The molecule has 0 aliphatic heterocycles.